The van der Waals surface area contributed by atoms with Crippen molar-refractivity contribution in [2.75, 3.05) is 59.2 Å². The molecule has 0 saturated carbocycles. The zero-order valence-corrected chi connectivity index (χ0v) is 26.2. The zero-order valence-electron chi connectivity index (χ0n) is 24.7. The van der Waals surface area contributed by atoms with Crippen molar-refractivity contribution in [2.45, 2.75) is 31.7 Å². The smallest absolute Gasteiger partial charge is 0.332 e. The lowest BCUT2D eigenvalue weighted by Crippen LogP contribution is -2.48. The van der Waals surface area contributed by atoms with E-state index in [0.29, 0.717) is 24.8 Å². The van der Waals surface area contributed by atoms with Crippen molar-refractivity contribution in [1.29, 1.82) is 0 Å². The number of esters is 1. The molecule has 7 nitrogen and oxygen atoms in total. The van der Waals surface area contributed by atoms with Gasteiger partial charge in [0.2, 0.25) is 0 Å². The maximum Gasteiger partial charge on any atom is 0.332 e. The Labute approximate surface area is 265 Å². The number of nitrogens with two attached hydrogens (primary N) is 1. The number of ether oxygens (including phenoxy) is 3. The van der Waals surface area contributed by atoms with Gasteiger partial charge in [-0.15, -0.1) is 0 Å². The number of halogens is 1. The predicted molar refractivity (Wildman–Crippen MR) is 176 cm³/mol. The minimum atomic E-state index is -0.303. The second-order valence-electron chi connectivity index (χ2n) is 10.7. The molecule has 1 unspecified atom stereocenters. The number of unbranched alkanes of at least 4 members (excludes halogenated alkanes) is 3. The van der Waals surface area contributed by atoms with E-state index >= 15 is 0 Å². The monoisotopic (exact) mass is 623 g/mol. The SMILES string of the molecule is NC(=S)c1ccc(OCCCCCCOC(=O)COCCN2CCN(C(c3ccccc3)c3ccc(Cl)cc3)CC2)cc1. The lowest BCUT2D eigenvalue weighted by molar-refractivity contribution is -0.149. The number of benzene rings is 3. The molecule has 43 heavy (non-hydrogen) atoms. The number of hydrogen-bond donors (Lipinski definition) is 1. The highest BCUT2D eigenvalue weighted by atomic mass is 35.5. The summed E-state index contributed by atoms with van der Waals surface area (Å²) in [5.74, 6) is 0.504. The van der Waals surface area contributed by atoms with Crippen molar-refractivity contribution in [1.82, 2.24) is 9.80 Å². The van der Waals surface area contributed by atoms with Crippen LogP contribution in [0.4, 0.5) is 0 Å². The van der Waals surface area contributed by atoms with E-state index in [1.54, 1.807) is 0 Å². The van der Waals surface area contributed by atoms with Gasteiger partial charge in [0.1, 0.15) is 17.3 Å². The van der Waals surface area contributed by atoms with Gasteiger partial charge < -0.3 is 19.9 Å². The topological polar surface area (TPSA) is 77.3 Å². The third kappa shape index (κ3) is 11.2. The molecule has 4 rings (SSSR count). The van der Waals surface area contributed by atoms with Gasteiger partial charge in [0.25, 0.3) is 0 Å². The fourth-order valence-electron chi connectivity index (χ4n) is 5.18. The molecule has 0 aliphatic carbocycles. The molecule has 0 aromatic heterocycles. The minimum absolute atomic E-state index is 0.00583. The van der Waals surface area contributed by atoms with E-state index in [2.05, 4.69) is 52.3 Å². The third-order valence-corrected chi connectivity index (χ3v) is 8.04. The summed E-state index contributed by atoms with van der Waals surface area (Å²) in [5, 5.41) is 0.750. The zero-order chi connectivity index (χ0) is 30.3. The standard InChI is InChI=1S/C34H42ClN3O4S/c35-30-14-10-28(11-15-30)33(27-8-4-3-5-9-27)38-20-18-37(19-21-38)22-25-40-26-32(39)42-24-7-2-1-6-23-41-31-16-12-29(13-17-31)34(36)43/h3-5,8-17,33H,1-2,6-7,18-26H2,(H2,36,43). The summed E-state index contributed by atoms with van der Waals surface area (Å²) < 4.78 is 16.7. The molecule has 1 fully saturated rings. The molecule has 230 valence electrons. The molecule has 3 aromatic carbocycles. The van der Waals surface area contributed by atoms with Crippen molar-refractivity contribution in [3.8, 4) is 5.75 Å². The van der Waals surface area contributed by atoms with Crippen molar-refractivity contribution in [2.24, 2.45) is 5.73 Å². The van der Waals surface area contributed by atoms with E-state index < -0.39 is 0 Å². The van der Waals surface area contributed by atoms with E-state index in [-0.39, 0.29) is 18.6 Å². The van der Waals surface area contributed by atoms with Crippen LogP contribution in [0.2, 0.25) is 5.02 Å². The van der Waals surface area contributed by atoms with Crippen molar-refractivity contribution < 1.29 is 19.0 Å². The summed E-state index contributed by atoms with van der Waals surface area (Å²) in [6.07, 6.45) is 3.76. The normalized spacial score (nSPS) is 14.7. The highest BCUT2D eigenvalue weighted by Crippen LogP contribution is 2.30. The number of rotatable bonds is 17. The summed E-state index contributed by atoms with van der Waals surface area (Å²) in [5.41, 5.74) is 8.97. The quantitative estimate of drug-likeness (QED) is 0.114. The largest absolute Gasteiger partial charge is 0.494 e. The molecule has 0 amide bonds. The fraction of sp³-hybridized carbons (Fsp3) is 0.412. The van der Waals surface area contributed by atoms with E-state index in [9.17, 15) is 4.79 Å². The summed E-state index contributed by atoms with van der Waals surface area (Å²) >= 11 is 11.1. The predicted octanol–water partition coefficient (Wildman–Crippen LogP) is 5.88. The molecule has 1 aliphatic rings. The van der Waals surface area contributed by atoms with Gasteiger partial charge in [-0.05, 0) is 73.2 Å². The number of carbonyl (C=O) groups is 1. The Morgan fingerprint density at radius 3 is 2.14 bits per heavy atom. The average Bonchev–Trinajstić information content (AvgIpc) is 3.03. The fourth-order valence-corrected chi connectivity index (χ4v) is 5.44. The summed E-state index contributed by atoms with van der Waals surface area (Å²) in [6, 6.07) is 26.5. The van der Waals surface area contributed by atoms with Gasteiger partial charge in [-0.1, -0.05) is 66.3 Å². The molecular weight excluding hydrogens is 582 g/mol. The average molecular weight is 624 g/mol. The molecule has 2 N–H and O–H groups in total. The first kappa shape index (κ1) is 32.9. The maximum atomic E-state index is 12.0. The third-order valence-electron chi connectivity index (χ3n) is 7.55. The summed E-state index contributed by atoms with van der Waals surface area (Å²) in [4.78, 5) is 17.3. The Balaban J connectivity index is 1.03. The Bertz CT molecular complexity index is 1250. The van der Waals surface area contributed by atoms with Crippen LogP contribution in [0.3, 0.4) is 0 Å². The molecule has 9 heteroatoms. The Morgan fingerprint density at radius 1 is 0.814 bits per heavy atom. The Kier molecular flexibility index (Phi) is 13.7. The second-order valence-corrected chi connectivity index (χ2v) is 11.5. The summed E-state index contributed by atoms with van der Waals surface area (Å²) in [6.45, 7) is 6.16. The molecule has 0 radical (unpaired) electrons. The first-order valence-electron chi connectivity index (χ1n) is 15.0. The Hall–Kier alpha value is -3.01. The van der Waals surface area contributed by atoms with Gasteiger partial charge >= 0.3 is 5.97 Å². The van der Waals surface area contributed by atoms with Crippen LogP contribution < -0.4 is 10.5 Å². The van der Waals surface area contributed by atoms with Crippen molar-refractivity contribution in [3.63, 3.8) is 0 Å². The van der Waals surface area contributed by atoms with Crippen LogP contribution in [-0.2, 0) is 14.3 Å². The number of thiocarbonyl (C=S) groups is 1. The van der Waals surface area contributed by atoms with Crippen LogP contribution in [0.25, 0.3) is 0 Å². The van der Waals surface area contributed by atoms with E-state index in [4.69, 9.17) is 43.8 Å². The van der Waals surface area contributed by atoms with Crippen LogP contribution in [0, 0.1) is 0 Å². The first-order chi connectivity index (χ1) is 21.0. The molecule has 0 bridgehead atoms. The number of carbonyl (C=O) groups excluding carboxylic acids is 1. The number of nitrogens with zero attached hydrogens (tertiary/aromatic N) is 2. The van der Waals surface area contributed by atoms with Gasteiger partial charge in [-0.2, -0.15) is 0 Å². The number of hydrogen-bond acceptors (Lipinski definition) is 7. The van der Waals surface area contributed by atoms with Crippen LogP contribution >= 0.6 is 23.8 Å². The van der Waals surface area contributed by atoms with E-state index in [1.807, 2.05) is 36.4 Å². The summed E-state index contributed by atoms with van der Waals surface area (Å²) in [7, 11) is 0. The minimum Gasteiger partial charge on any atom is -0.494 e. The molecule has 1 saturated heterocycles. The van der Waals surface area contributed by atoms with Crippen LogP contribution in [0.5, 0.6) is 5.75 Å². The van der Waals surface area contributed by atoms with Gasteiger partial charge in [0.05, 0.1) is 25.9 Å². The van der Waals surface area contributed by atoms with Crippen LogP contribution in [0.1, 0.15) is 48.4 Å². The van der Waals surface area contributed by atoms with Gasteiger partial charge in [-0.3, -0.25) is 9.80 Å². The highest BCUT2D eigenvalue weighted by molar-refractivity contribution is 7.80. The van der Waals surface area contributed by atoms with E-state index in [1.165, 1.54) is 11.1 Å². The molecule has 1 heterocycles. The lowest BCUT2D eigenvalue weighted by atomic mass is 9.96. The van der Waals surface area contributed by atoms with Crippen molar-refractivity contribution in [3.05, 3.63) is 101 Å². The molecule has 1 atom stereocenters. The van der Waals surface area contributed by atoms with Crippen LogP contribution in [-0.4, -0.2) is 79.9 Å². The molecule has 0 spiro atoms. The molecule has 3 aromatic rings. The Morgan fingerprint density at radius 2 is 1.47 bits per heavy atom. The first-order valence-corrected chi connectivity index (χ1v) is 15.8. The van der Waals surface area contributed by atoms with Crippen LogP contribution in [0.15, 0.2) is 78.9 Å². The molecule has 1 aliphatic heterocycles. The highest BCUT2D eigenvalue weighted by Gasteiger charge is 2.26. The maximum absolute atomic E-state index is 12.0. The second kappa shape index (κ2) is 18.0. The van der Waals surface area contributed by atoms with E-state index in [0.717, 1.165) is 74.7 Å². The van der Waals surface area contributed by atoms with Gasteiger partial charge in [0, 0.05) is 43.3 Å². The number of piperazine rings is 1. The lowest BCUT2D eigenvalue weighted by Gasteiger charge is -2.39. The van der Waals surface area contributed by atoms with Crippen molar-refractivity contribution >= 4 is 34.8 Å². The van der Waals surface area contributed by atoms with Gasteiger partial charge in [-0.25, -0.2) is 4.79 Å². The molecular formula is C34H42ClN3O4S. The van der Waals surface area contributed by atoms with Gasteiger partial charge in [0.15, 0.2) is 0 Å².